The Morgan fingerprint density at radius 2 is 1.89 bits per heavy atom. The Hall–Kier alpha value is -1.63. The van der Waals surface area contributed by atoms with E-state index in [1.54, 1.807) is 0 Å². The highest BCUT2D eigenvalue weighted by Crippen LogP contribution is 2.48. The zero-order valence-electron chi connectivity index (χ0n) is 9.89. The molecule has 2 aliphatic carbocycles. The monoisotopic (exact) mass is 255 g/mol. The summed E-state index contributed by atoms with van der Waals surface area (Å²) >= 11 is 0. The van der Waals surface area contributed by atoms with Gasteiger partial charge in [-0.2, -0.15) is 0 Å². The number of aliphatic carboxylic acids is 1. The second-order valence-electron chi connectivity index (χ2n) is 5.02. The minimum atomic E-state index is -0.899. The largest absolute Gasteiger partial charge is 0.481 e. The van der Waals surface area contributed by atoms with E-state index in [9.17, 15) is 19.5 Å². The molecule has 18 heavy (non-hydrogen) atoms. The molecule has 2 rings (SSSR count). The van der Waals surface area contributed by atoms with Crippen LogP contribution < -0.4 is 16.4 Å². The number of urea groups is 1. The van der Waals surface area contributed by atoms with Crippen molar-refractivity contribution in [3.8, 4) is 0 Å². The molecule has 0 aromatic heterocycles. The average molecular weight is 255 g/mol. The molecule has 0 spiro atoms. The highest BCUT2D eigenvalue weighted by Gasteiger charge is 2.50. The Morgan fingerprint density at radius 1 is 1.22 bits per heavy atom. The number of amides is 3. The van der Waals surface area contributed by atoms with Gasteiger partial charge in [-0.05, 0) is 31.1 Å². The molecule has 7 heteroatoms. The smallest absolute Gasteiger partial charge is 0.318 e. The van der Waals surface area contributed by atoms with Crippen molar-refractivity contribution in [2.24, 2.45) is 23.5 Å². The number of carboxylic acids is 1. The predicted molar refractivity (Wildman–Crippen MR) is 61.5 cm³/mol. The van der Waals surface area contributed by atoms with Gasteiger partial charge in [0.2, 0.25) is 5.91 Å². The van der Waals surface area contributed by atoms with Gasteiger partial charge in [-0.25, -0.2) is 4.79 Å². The lowest BCUT2D eigenvalue weighted by Crippen LogP contribution is -2.49. The van der Waals surface area contributed by atoms with Crippen LogP contribution in [0.4, 0.5) is 4.79 Å². The van der Waals surface area contributed by atoms with Gasteiger partial charge < -0.3 is 16.2 Å². The summed E-state index contributed by atoms with van der Waals surface area (Å²) in [6.45, 7) is -0.0827. The van der Waals surface area contributed by atoms with E-state index in [2.05, 4.69) is 5.32 Å². The molecule has 0 saturated heterocycles. The summed E-state index contributed by atoms with van der Waals surface area (Å²) in [6.07, 6.45) is 2.86. The molecular formula is C11H17N3O4. The second kappa shape index (κ2) is 4.93. The van der Waals surface area contributed by atoms with Crippen LogP contribution in [0.25, 0.3) is 0 Å². The van der Waals surface area contributed by atoms with Crippen LogP contribution in [0.2, 0.25) is 0 Å². The van der Waals surface area contributed by atoms with Crippen molar-refractivity contribution in [1.82, 2.24) is 10.6 Å². The number of carbonyl (C=O) groups excluding carboxylic acids is 2. The summed E-state index contributed by atoms with van der Waals surface area (Å²) in [6, 6.07) is -1.08. The normalized spacial score (nSPS) is 33.3. The van der Waals surface area contributed by atoms with Crippen molar-refractivity contribution in [2.45, 2.75) is 25.3 Å². The molecule has 2 bridgehead atoms. The Balaban J connectivity index is 1.90. The van der Waals surface area contributed by atoms with E-state index in [0.717, 1.165) is 19.3 Å². The lowest BCUT2D eigenvalue weighted by atomic mass is 9.84. The number of nitrogens with one attached hydrogen (secondary N) is 2. The zero-order chi connectivity index (χ0) is 13.3. The summed E-state index contributed by atoms with van der Waals surface area (Å²) in [7, 11) is 0. The predicted octanol–water partition coefficient (Wildman–Crippen LogP) is -0.730. The maximum absolute atomic E-state index is 11.3. The number of carbonyl (C=O) groups is 3. The topological polar surface area (TPSA) is 122 Å². The number of carboxylic acid groups (broad SMARTS) is 1. The number of hydrogen-bond donors (Lipinski definition) is 4. The minimum absolute atomic E-state index is 0.0827. The van der Waals surface area contributed by atoms with Crippen molar-refractivity contribution in [2.75, 3.05) is 6.54 Å². The molecule has 3 amide bonds. The molecule has 4 unspecified atom stereocenters. The number of fused-ring (bicyclic) bond motifs is 2. The fraction of sp³-hybridized carbons (Fsp3) is 0.727. The number of nitrogens with two attached hydrogens (primary N) is 1. The van der Waals surface area contributed by atoms with Gasteiger partial charge in [0.1, 0.15) is 0 Å². The van der Waals surface area contributed by atoms with Crippen LogP contribution in [-0.2, 0) is 9.59 Å². The molecule has 7 nitrogen and oxygen atoms in total. The Kier molecular flexibility index (Phi) is 3.51. The average Bonchev–Trinajstić information content (AvgIpc) is 2.84. The highest BCUT2D eigenvalue weighted by atomic mass is 16.4. The van der Waals surface area contributed by atoms with E-state index in [1.165, 1.54) is 0 Å². The van der Waals surface area contributed by atoms with Gasteiger partial charge in [-0.15, -0.1) is 0 Å². The maximum Gasteiger partial charge on any atom is 0.318 e. The zero-order valence-corrected chi connectivity index (χ0v) is 9.89. The Morgan fingerprint density at radius 3 is 2.50 bits per heavy atom. The molecule has 0 aromatic carbocycles. The van der Waals surface area contributed by atoms with Crippen molar-refractivity contribution in [3.05, 3.63) is 0 Å². The molecule has 2 saturated carbocycles. The van der Waals surface area contributed by atoms with Gasteiger partial charge in [0.05, 0.1) is 12.5 Å². The Bertz CT molecular complexity index is 384. The molecule has 2 fully saturated rings. The lowest BCUT2D eigenvalue weighted by molar-refractivity contribution is -0.144. The van der Waals surface area contributed by atoms with Gasteiger partial charge in [0.25, 0.3) is 0 Å². The van der Waals surface area contributed by atoms with Crippen molar-refractivity contribution >= 4 is 17.9 Å². The van der Waals surface area contributed by atoms with Crippen LogP contribution in [-0.4, -0.2) is 35.6 Å². The standard InChI is InChI=1S/C11H17N3O4/c12-11(18)14-7(15)4-13-9-6-2-1-5(3-6)8(9)10(16)17/h5-6,8-9,13H,1-4H2,(H,16,17)(H3,12,14,15,18). The van der Waals surface area contributed by atoms with Crippen molar-refractivity contribution in [3.63, 3.8) is 0 Å². The molecular weight excluding hydrogens is 238 g/mol. The summed E-state index contributed by atoms with van der Waals surface area (Å²) in [5, 5.41) is 14.1. The van der Waals surface area contributed by atoms with Crippen molar-refractivity contribution < 1.29 is 19.5 Å². The summed E-state index contributed by atoms with van der Waals surface area (Å²) in [4.78, 5) is 33.0. The molecule has 4 atom stereocenters. The highest BCUT2D eigenvalue weighted by molar-refractivity contribution is 5.94. The van der Waals surface area contributed by atoms with Crippen LogP contribution in [0, 0.1) is 17.8 Å². The number of imide groups is 1. The fourth-order valence-electron chi connectivity index (χ4n) is 3.33. The molecule has 2 aliphatic rings. The van der Waals surface area contributed by atoms with E-state index in [4.69, 9.17) is 5.73 Å². The van der Waals surface area contributed by atoms with E-state index in [-0.39, 0.29) is 18.5 Å². The number of rotatable bonds is 4. The number of hydrogen-bond acceptors (Lipinski definition) is 4. The van der Waals surface area contributed by atoms with Gasteiger partial charge in [0.15, 0.2) is 0 Å². The van der Waals surface area contributed by atoms with E-state index in [0.29, 0.717) is 5.92 Å². The first-order valence-electron chi connectivity index (χ1n) is 6.04. The SMILES string of the molecule is NC(=O)NC(=O)CNC1C2CCC(C2)C1C(=O)O. The van der Waals surface area contributed by atoms with Gasteiger partial charge >= 0.3 is 12.0 Å². The first-order valence-corrected chi connectivity index (χ1v) is 6.04. The van der Waals surface area contributed by atoms with E-state index >= 15 is 0 Å². The Labute approximate surface area is 104 Å². The van der Waals surface area contributed by atoms with E-state index in [1.807, 2.05) is 5.32 Å². The number of primary amides is 1. The van der Waals surface area contributed by atoms with Crippen LogP contribution in [0.15, 0.2) is 0 Å². The second-order valence-corrected chi connectivity index (χ2v) is 5.02. The lowest BCUT2D eigenvalue weighted by Gasteiger charge is -2.28. The van der Waals surface area contributed by atoms with Crippen LogP contribution >= 0.6 is 0 Å². The summed E-state index contributed by atoms with van der Waals surface area (Å²) in [5.41, 5.74) is 4.82. The first kappa shape index (κ1) is 12.8. The molecule has 100 valence electrons. The fourth-order valence-corrected chi connectivity index (χ4v) is 3.33. The molecule has 0 aliphatic heterocycles. The molecule has 0 heterocycles. The third-order valence-corrected chi connectivity index (χ3v) is 3.96. The summed E-state index contributed by atoms with van der Waals surface area (Å²) in [5.74, 6) is -1.24. The quantitative estimate of drug-likeness (QED) is 0.527. The van der Waals surface area contributed by atoms with Crippen LogP contribution in [0.3, 0.4) is 0 Å². The molecule has 5 N–H and O–H groups in total. The maximum atomic E-state index is 11.3. The van der Waals surface area contributed by atoms with E-state index < -0.39 is 23.8 Å². The van der Waals surface area contributed by atoms with Gasteiger partial charge in [-0.1, -0.05) is 0 Å². The van der Waals surface area contributed by atoms with Crippen molar-refractivity contribution in [1.29, 1.82) is 0 Å². The minimum Gasteiger partial charge on any atom is -0.481 e. The first-order chi connectivity index (χ1) is 8.49. The van der Waals surface area contributed by atoms with Crippen LogP contribution in [0.5, 0.6) is 0 Å². The third kappa shape index (κ3) is 2.45. The molecule has 0 radical (unpaired) electrons. The van der Waals surface area contributed by atoms with Crippen LogP contribution in [0.1, 0.15) is 19.3 Å². The molecule has 0 aromatic rings. The third-order valence-electron chi connectivity index (χ3n) is 3.96. The van der Waals surface area contributed by atoms with Gasteiger partial charge in [-0.3, -0.25) is 14.9 Å². The van der Waals surface area contributed by atoms with Gasteiger partial charge in [0, 0.05) is 6.04 Å². The summed E-state index contributed by atoms with van der Waals surface area (Å²) < 4.78 is 0.